The highest BCUT2D eigenvalue weighted by molar-refractivity contribution is 5.94. The standard InChI is InChI=1S/C14H21N5O/c20-14(18-11-8-16-10-17-9-11)13-2-1-7-19(13)12-3-5-15-6-4-12/h8-10,12-13,15H,1-7H2,(H,18,20). The smallest absolute Gasteiger partial charge is 0.241 e. The number of nitrogens with one attached hydrogen (secondary N) is 2. The van der Waals surface area contributed by atoms with E-state index in [-0.39, 0.29) is 11.9 Å². The van der Waals surface area contributed by atoms with Crippen molar-refractivity contribution in [2.75, 3.05) is 25.0 Å². The highest BCUT2D eigenvalue weighted by Gasteiger charge is 2.35. The SMILES string of the molecule is O=C(Nc1cncnc1)C1CCCN1C1CCNCC1. The molecule has 1 aromatic heterocycles. The van der Waals surface area contributed by atoms with Gasteiger partial charge in [-0.1, -0.05) is 0 Å². The molecule has 6 heteroatoms. The summed E-state index contributed by atoms with van der Waals surface area (Å²) in [5, 5.41) is 6.31. The van der Waals surface area contributed by atoms with Crippen LogP contribution in [0.3, 0.4) is 0 Å². The molecule has 1 unspecified atom stereocenters. The van der Waals surface area contributed by atoms with Crippen LogP contribution >= 0.6 is 0 Å². The van der Waals surface area contributed by atoms with E-state index in [0.717, 1.165) is 45.3 Å². The van der Waals surface area contributed by atoms with Gasteiger partial charge in [-0.05, 0) is 45.3 Å². The maximum atomic E-state index is 12.4. The predicted octanol–water partition coefficient (Wildman–Crippen LogP) is 0.631. The van der Waals surface area contributed by atoms with E-state index in [0.29, 0.717) is 11.7 Å². The Bertz CT molecular complexity index is 446. The lowest BCUT2D eigenvalue weighted by molar-refractivity contribution is -0.121. The minimum absolute atomic E-state index is 0.00157. The van der Waals surface area contributed by atoms with Crippen LogP contribution in [0.4, 0.5) is 5.69 Å². The van der Waals surface area contributed by atoms with Gasteiger partial charge in [0.15, 0.2) is 0 Å². The summed E-state index contributed by atoms with van der Waals surface area (Å²) < 4.78 is 0. The van der Waals surface area contributed by atoms with Gasteiger partial charge in [0.1, 0.15) is 6.33 Å². The summed E-state index contributed by atoms with van der Waals surface area (Å²) in [6, 6.07) is 0.542. The Morgan fingerprint density at radius 3 is 2.75 bits per heavy atom. The van der Waals surface area contributed by atoms with Gasteiger partial charge in [-0.2, -0.15) is 0 Å². The molecule has 1 aromatic rings. The van der Waals surface area contributed by atoms with Crippen LogP contribution in [0.1, 0.15) is 25.7 Å². The minimum Gasteiger partial charge on any atom is -0.322 e. The van der Waals surface area contributed by atoms with Crippen LogP contribution in [0, 0.1) is 0 Å². The highest BCUT2D eigenvalue weighted by atomic mass is 16.2. The van der Waals surface area contributed by atoms with E-state index in [9.17, 15) is 4.79 Å². The maximum absolute atomic E-state index is 12.4. The predicted molar refractivity (Wildman–Crippen MR) is 76.3 cm³/mol. The van der Waals surface area contributed by atoms with Crippen LogP contribution in [-0.4, -0.2) is 52.5 Å². The van der Waals surface area contributed by atoms with Gasteiger partial charge >= 0.3 is 0 Å². The monoisotopic (exact) mass is 275 g/mol. The third kappa shape index (κ3) is 2.96. The summed E-state index contributed by atoms with van der Waals surface area (Å²) in [6.07, 6.45) is 9.06. The van der Waals surface area contributed by atoms with Gasteiger partial charge < -0.3 is 10.6 Å². The van der Waals surface area contributed by atoms with Crippen LogP contribution in [0.15, 0.2) is 18.7 Å². The molecular formula is C14H21N5O. The molecule has 2 N–H and O–H groups in total. The summed E-state index contributed by atoms with van der Waals surface area (Å²) in [6.45, 7) is 3.15. The third-order valence-electron chi connectivity index (χ3n) is 4.20. The number of amides is 1. The van der Waals surface area contributed by atoms with Crippen molar-refractivity contribution < 1.29 is 4.79 Å². The van der Waals surface area contributed by atoms with Gasteiger partial charge in [0, 0.05) is 6.04 Å². The van der Waals surface area contributed by atoms with Crippen LogP contribution < -0.4 is 10.6 Å². The lowest BCUT2D eigenvalue weighted by atomic mass is 10.0. The summed E-state index contributed by atoms with van der Waals surface area (Å²) in [7, 11) is 0. The molecule has 3 heterocycles. The van der Waals surface area contributed by atoms with Gasteiger partial charge in [-0.3, -0.25) is 9.69 Å². The summed E-state index contributed by atoms with van der Waals surface area (Å²) in [5.74, 6) is 0.0795. The molecule has 2 saturated heterocycles. The number of carbonyl (C=O) groups excluding carboxylic acids is 1. The van der Waals surface area contributed by atoms with Crippen molar-refractivity contribution in [3.8, 4) is 0 Å². The number of carbonyl (C=O) groups is 1. The first kappa shape index (κ1) is 13.5. The molecule has 2 fully saturated rings. The number of nitrogens with zero attached hydrogens (tertiary/aromatic N) is 3. The number of hydrogen-bond acceptors (Lipinski definition) is 5. The van der Waals surface area contributed by atoms with Gasteiger partial charge in [0.2, 0.25) is 5.91 Å². The largest absolute Gasteiger partial charge is 0.322 e. The molecule has 20 heavy (non-hydrogen) atoms. The van der Waals surface area contributed by atoms with Gasteiger partial charge in [-0.25, -0.2) is 9.97 Å². The quantitative estimate of drug-likeness (QED) is 0.847. The Labute approximate surface area is 119 Å². The topological polar surface area (TPSA) is 70.2 Å². The van der Waals surface area contributed by atoms with E-state index in [2.05, 4.69) is 25.5 Å². The zero-order chi connectivity index (χ0) is 13.8. The zero-order valence-electron chi connectivity index (χ0n) is 11.6. The van der Waals surface area contributed by atoms with E-state index in [4.69, 9.17) is 0 Å². The van der Waals surface area contributed by atoms with E-state index < -0.39 is 0 Å². The molecule has 2 aliphatic heterocycles. The second-order valence-electron chi connectivity index (χ2n) is 5.49. The number of anilines is 1. The average molecular weight is 275 g/mol. The van der Waals surface area contributed by atoms with Gasteiger partial charge in [0.25, 0.3) is 0 Å². The molecular weight excluding hydrogens is 254 g/mol. The van der Waals surface area contributed by atoms with E-state index in [1.165, 1.54) is 6.33 Å². The first-order valence-electron chi connectivity index (χ1n) is 7.37. The average Bonchev–Trinajstić information content (AvgIpc) is 2.99. The summed E-state index contributed by atoms with van der Waals surface area (Å²) in [5.41, 5.74) is 0.676. The minimum atomic E-state index is -0.00157. The Hall–Kier alpha value is -1.53. The number of piperidine rings is 1. The third-order valence-corrected chi connectivity index (χ3v) is 4.20. The molecule has 1 atom stereocenters. The van der Waals surface area contributed by atoms with Crippen molar-refractivity contribution in [3.63, 3.8) is 0 Å². The fourth-order valence-corrected chi connectivity index (χ4v) is 3.24. The zero-order valence-corrected chi connectivity index (χ0v) is 11.6. The van der Waals surface area contributed by atoms with E-state index in [1.54, 1.807) is 12.4 Å². The van der Waals surface area contributed by atoms with Crippen LogP contribution in [-0.2, 0) is 4.79 Å². The molecule has 0 aliphatic carbocycles. The van der Waals surface area contributed by atoms with Gasteiger partial charge in [-0.15, -0.1) is 0 Å². The lowest BCUT2D eigenvalue weighted by Crippen LogP contribution is -2.49. The molecule has 3 rings (SSSR count). The summed E-state index contributed by atoms with van der Waals surface area (Å²) >= 11 is 0. The van der Waals surface area contributed by atoms with Crippen molar-refractivity contribution >= 4 is 11.6 Å². The van der Waals surface area contributed by atoms with E-state index >= 15 is 0 Å². The lowest BCUT2D eigenvalue weighted by Gasteiger charge is -2.35. The number of hydrogen-bond donors (Lipinski definition) is 2. The second kappa shape index (κ2) is 6.28. The number of likely N-dealkylation sites (tertiary alicyclic amines) is 1. The molecule has 0 spiro atoms. The van der Waals surface area contributed by atoms with Crippen molar-refractivity contribution in [1.82, 2.24) is 20.2 Å². The number of rotatable bonds is 3. The normalized spacial score (nSPS) is 24.7. The fraction of sp³-hybridized carbons (Fsp3) is 0.643. The Morgan fingerprint density at radius 1 is 1.25 bits per heavy atom. The first-order valence-corrected chi connectivity index (χ1v) is 7.37. The molecule has 0 bridgehead atoms. The fourth-order valence-electron chi connectivity index (χ4n) is 3.24. The molecule has 108 valence electrons. The maximum Gasteiger partial charge on any atom is 0.241 e. The van der Waals surface area contributed by atoms with Crippen molar-refractivity contribution in [1.29, 1.82) is 0 Å². The van der Waals surface area contributed by atoms with E-state index in [1.807, 2.05) is 0 Å². The number of aromatic nitrogens is 2. The van der Waals surface area contributed by atoms with Crippen LogP contribution in [0.5, 0.6) is 0 Å². The molecule has 0 radical (unpaired) electrons. The molecule has 0 saturated carbocycles. The molecule has 2 aliphatic rings. The van der Waals surface area contributed by atoms with Crippen molar-refractivity contribution in [3.05, 3.63) is 18.7 Å². The highest BCUT2D eigenvalue weighted by Crippen LogP contribution is 2.25. The molecule has 0 aromatic carbocycles. The Kier molecular flexibility index (Phi) is 4.22. The van der Waals surface area contributed by atoms with Crippen molar-refractivity contribution in [2.24, 2.45) is 0 Å². The first-order chi connectivity index (χ1) is 9.84. The Balaban J connectivity index is 1.64. The molecule has 6 nitrogen and oxygen atoms in total. The molecule has 1 amide bonds. The van der Waals surface area contributed by atoms with Crippen molar-refractivity contribution in [2.45, 2.75) is 37.8 Å². The Morgan fingerprint density at radius 2 is 2.00 bits per heavy atom. The summed E-state index contributed by atoms with van der Waals surface area (Å²) in [4.78, 5) is 22.7. The second-order valence-corrected chi connectivity index (χ2v) is 5.49. The van der Waals surface area contributed by atoms with Gasteiger partial charge in [0.05, 0.1) is 24.1 Å². The van der Waals surface area contributed by atoms with Crippen LogP contribution in [0.25, 0.3) is 0 Å². The van der Waals surface area contributed by atoms with Crippen LogP contribution in [0.2, 0.25) is 0 Å².